The van der Waals surface area contributed by atoms with Gasteiger partial charge in [0.25, 0.3) is 17.7 Å². The number of benzene rings is 2. The number of aromatic nitrogens is 4. The molecule has 6 rings (SSSR count). The van der Waals surface area contributed by atoms with E-state index in [0.717, 1.165) is 11.0 Å². The Labute approximate surface area is 364 Å². The zero-order valence-corrected chi connectivity index (χ0v) is 34.9. The monoisotopic (exact) mass is 888 g/mol. The van der Waals surface area contributed by atoms with Gasteiger partial charge in [0, 0.05) is 50.1 Å². The Balaban J connectivity index is 0.809. The summed E-state index contributed by atoms with van der Waals surface area (Å²) in [6.07, 6.45) is 1.08. The lowest BCUT2D eigenvalue weighted by Gasteiger charge is -2.27. The number of fused-ring (bicyclic) bond motifs is 1. The Morgan fingerprint density at radius 3 is 2.27 bits per heavy atom. The van der Waals surface area contributed by atoms with Gasteiger partial charge in [0.05, 0.1) is 62.0 Å². The number of halogens is 2. The van der Waals surface area contributed by atoms with Crippen molar-refractivity contribution in [1.29, 1.82) is 0 Å². The molecule has 0 bridgehead atoms. The SMILES string of the molecule is CC(C)n1cnnc1-c1cccc(NC(=O)c2cc(NC(=O)CCC(=O)NCCOCCOCCOCCNc3cccc4c3C(=O)N(C3CCC(=O)NC3=O)C4=O)c(F)cc2F)n1. The van der Waals surface area contributed by atoms with E-state index in [-0.39, 0.29) is 94.9 Å². The number of carbonyl (C=O) groups is 7. The van der Waals surface area contributed by atoms with Crippen LogP contribution in [0.15, 0.2) is 54.9 Å². The van der Waals surface area contributed by atoms with Crippen LogP contribution < -0.4 is 26.6 Å². The highest BCUT2D eigenvalue weighted by Crippen LogP contribution is 2.32. The van der Waals surface area contributed by atoms with Crippen LogP contribution in [-0.4, -0.2) is 125 Å². The van der Waals surface area contributed by atoms with Gasteiger partial charge < -0.3 is 40.0 Å². The van der Waals surface area contributed by atoms with Gasteiger partial charge in [-0.3, -0.25) is 43.8 Å². The maximum atomic E-state index is 14.7. The van der Waals surface area contributed by atoms with Gasteiger partial charge in [-0.15, -0.1) is 10.2 Å². The first kappa shape index (κ1) is 46.5. The Morgan fingerprint density at radius 1 is 0.828 bits per heavy atom. The lowest BCUT2D eigenvalue weighted by Crippen LogP contribution is -2.54. The number of imide groups is 2. The molecule has 20 nitrogen and oxygen atoms in total. The molecule has 338 valence electrons. The maximum Gasteiger partial charge on any atom is 0.264 e. The fourth-order valence-corrected chi connectivity index (χ4v) is 6.69. The summed E-state index contributed by atoms with van der Waals surface area (Å²) < 4.78 is 47.6. The highest BCUT2D eigenvalue weighted by molar-refractivity contribution is 6.25. The minimum atomic E-state index is -1.16. The molecule has 64 heavy (non-hydrogen) atoms. The number of carbonyl (C=O) groups excluding carboxylic acids is 7. The number of hydrogen-bond acceptors (Lipinski definition) is 14. The van der Waals surface area contributed by atoms with Crippen molar-refractivity contribution >= 4 is 58.5 Å². The number of pyridine rings is 1. The van der Waals surface area contributed by atoms with Crippen molar-refractivity contribution in [3.63, 3.8) is 0 Å². The summed E-state index contributed by atoms with van der Waals surface area (Å²) in [6.45, 7) is 5.77. The van der Waals surface area contributed by atoms with Crippen LogP contribution >= 0.6 is 0 Å². The Morgan fingerprint density at radius 2 is 1.53 bits per heavy atom. The van der Waals surface area contributed by atoms with Crippen LogP contribution in [0.25, 0.3) is 11.5 Å². The molecule has 22 heteroatoms. The maximum absolute atomic E-state index is 14.7. The van der Waals surface area contributed by atoms with Crippen LogP contribution in [-0.2, 0) is 33.4 Å². The van der Waals surface area contributed by atoms with Crippen LogP contribution in [0.2, 0.25) is 0 Å². The molecule has 2 aromatic heterocycles. The number of rotatable bonds is 22. The van der Waals surface area contributed by atoms with Crippen LogP contribution in [0.5, 0.6) is 0 Å². The predicted octanol–water partition coefficient (Wildman–Crippen LogP) is 2.85. The summed E-state index contributed by atoms with van der Waals surface area (Å²) in [5, 5.41) is 20.6. The molecule has 0 spiro atoms. The van der Waals surface area contributed by atoms with Gasteiger partial charge in [-0.2, -0.15) is 0 Å². The van der Waals surface area contributed by atoms with Crippen molar-refractivity contribution in [2.45, 2.75) is 51.6 Å². The molecular formula is C42H46F2N10O10. The van der Waals surface area contributed by atoms with Crippen molar-refractivity contribution < 1.29 is 56.6 Å². The van der Waals surface area contributed by atoms with Gasteiger partial charge in [-0.25, -0.2) is 13.8 Å². The summed E-state index contributed by atoms with van der Waals surface area (Å²) in [4.78, 5) is 93.1. The molecule has 4 heterocycles. The lowest BCUT2D eigenvalue weighted by atomic mass is 10.0. The van der Waals surface area contributed by atoms with E-state index in [0.29, 0.717) is 29.8 Å². The average molecular weight is 889 g/mol. The van der Waals surface area contributed by atoms with E-state index in [1.54, 1.807) is 35.2 Å². The zero-order valence-electron chi connectivity index (χ0n) is 34.9. The third-order valence-corrected chi connectivity index (χ3v) is 9.85. The normalized spacial score (nSPS) is 14.7. The van der Waals surface area contributed by atoms with Crippen molar-refractivity contribution in [1.82, 2.24) is 35.3 Å². The summed E-state index contributed by atoms with van der Waals surface area (Å²) in [5.74, 6) is -6.22. The number of nitrogens with one attached hydrogen (secondary N) is 5. The third-order valence-electron chi connectivity index (χ3n) is 9.85. The lowest BCUT2D eigenvalue weighted by molar-refractivity contribution is -0.136. The predicted molar refractivity (Wildman–Crippen MR) is 223 cm³/mol. The van der Waals surface area contributed by atoms with E-state index in [1.165, 1.54) is 12.1 Å². The Bertz CT molecular complexity index is 2410. The van der Waals surface area contributed by atoms with E-state index >= 15 is 0 Å². The van der Waals surface area contributed by atoms with E-state index in [4.69, 9.17) is 14.2 Å². The molecule has 1 atom stereocenters. The molecule has 0 radical (unpaired) electrons. The first-order valence-corrected chi connectivity index (χ1v) is 20.4. The first-order valence-electron chi connectivity index (χ1n) is 20.4. The summed E-state index contributed by atoms with van der Waals surface area (Å²) in [5.41, 5.74) is 0.157. The average Bonchev–Trinajstić information content (AvgIpc) is 3.86. The van der Waals surface area contributed by atoms with Gasteiger partial charge in [-0.1, -0.05) is 12.1 Å². The standard InChI is InChI=1S/C42H46F2N10O10/c1-24(2)53-23-47-52-38(53)30-7-4-8-33(48-30)50-39(58)26-21-31(28(44)22-27(26)43)49-35(56)12-11-34(55)46-14-16-63-18-20-64-19-17-62-15-13-45-29-6-3-5-25-37(29)42(61)54(41(25)60)32-9-10-36(57)51-40(32)59/h3-8,21-24,32,45H,9-20H2,1-2H3,(H,46,55)(H,49,56)(H,48,50,58)(H,51,57,59). The molecular weight excluding hydrogens is 843 g/mol. The van der Waals surface area contributed by atoms with Crippen molar-refractivity contribution in [3.8, 4) is 11.5 Å². The number of piperidine rings is 1. The fraction of sp³-hybridized carbons (Fsp3) is 0.381. The molecule has 0 saturated carbocycles. The van der Waals surface area contributed by atoms with E-state index in [1.807, 2.05) is 13.8 Å². The second kappa shape index (κ2) is 21.8. The van der Waals surface area contributed by atoms with E-state index in [9.17, 15) is 42.3 Å². The number of ether oxygens (including phenoxy) is 3. The number of hydrogen-bond donors (Lipinski definition) is 5. The number of nitrogens with zero attached hydrogens (tertiary/aromatic N) is 5. The largest absolute Gasteiger partial charge is 0.382 e. The van der Waals surface area contributed by atoms with Crippen LogP contribution in [0.1, 0.15) is 76.6 Å². The number of anilines is 3. The van der Waals surface area contributed by atoms with Crippen molar-refractivity contribution in [2.75, 3.05) is 68.7 Å². The molecule has 1 unspecified atom stereocenters. The second-order valence-corrected chi connectivity index (χ2v) is 14.7. The fourth-order valence-electron chi connectivity index (χ4n) is 6.69. The van der Waals surface area contributed by atoms with Gasteiger partial charge in [0.1, 0.15) is 35.5 Å². The highest BCUT2D eigenvalue weighted by Gasteiger charge is 2.45. The van der Waals surface area contributed by atoms with Gasteiger partial charge in [-0.05, 0) is 50.6 Å². The molecule has 5 N–H and O–H groups in total. The summed E-state index contributed by atoms with van der Waals surface area (Å²) in [7, 11) is 0. The molecule has 4 aromatic rings. The van der Waals surface area contributed by atoms with E-state index in [2.05, 4.69) is 41.8 Å². The molecule has 1 saturated heterocycles. The van der Waals surface area contributed by atoms with Crippen molar-refractivity contribution in [3.05, 3.63) is 83.2 Å². The smallest absolute Gasteiger partial charge is 0.264 e. The van der Waals surface area contributed by atoms with Gasteiger partial charge >= 0.3 is 0 Å². The number of amides is 7. The van der Waals surface area contributed by atoms with Crippen LogP contribution in [0.3, 0.4) is 0 Å². The summed E-state index contributed by atoms with van der Waals surface area (Å²) in [6, 6.07) is 9.87. The minimum absolute atomic E-state index is 0.0291. The second-order valence-electron chi connectivity index (χ2n) is 14.7. The molecule has 2 aliphatic heterocycles. The Kier molecular flexibility index (Phi) is 15.9. The molecule has 7 amide bonds. The highest BCUT2D eigenvalue weighted by atomic mass is 19.1. The molecule has 2 aliphatic rings. The van der Waals surface area contributed by atoms with Gasteiger partial charge in [0.2, 0.25) is 23.6 Å². The quantitative estimate of drug-likeness (QED) is 0.0562. The van der Waals surface area contributed by atoms with Crippen LogP contribution in [0.4, 0.5) is 26.0 Å². The first-order chi connectivity index (χ1) is 30.8. The topological polar surface area (TPSA) is 254 Å². The molecule has 1 fully saturated rings. The third kappa shape index (κ3) is 11.7. The Hall–Kier alpha value is -7.04. The molecule has 0 aliphatic carbocycles. The van der Waals surface area contributed by atoms with Crippen LogP contribution in [0, 0.1) is 11.6 Å². The zero-order chi connectivity index (χ0) is 45.8. The minimum Gasteiger partial charge on any atom is -0.382 e. The van der Waals surface area contributed by atoms with Crippen molar-refractivity contribution in [2.24, 2.45) is 0 Å². The van der Waals surface area contributed by atoms with E-state index < -0.39 is 70.3 Å². The molecule has 2 aromatic carbocycles. The van der Waals surface area contributed by atoms with Gasteiger partial charge in [0.15, 0.2) is 5.82 Å². The summed E-state index contributed by atoms with van der Waals surface area (Å²) >= 11 is 0.